The number of hydrogen-bond donors (Lipinski definition) is 1. The first kappa shape index (κ1) is 19.4. The molecule has 0 aliphatic heterocycles. The van der Waals surface area contributed by atoms with Crippen LogP contribution in [-0.4, -0.2) is 4.92 Å². The predicted octanol–water partition coefficient (Wildman–Crippen LogP) is 6.31. The van der Waals surface area contributed by atoms with E-state index in [1.54, 1.807) is 12.1 Å². The maximum Gasteiger partial charge on any atom is 0.271 e. The van der Waals surface area contributed by atoms with Gasteiger partial charge in [0.2, 0.25) is 0 Å². The second kappa shape index (κ2) is 9.01. The highest BCUT2D eigenvalue weighted by Crippen LogP contribution is 2.34. The van der Waals surface area contributed by atoms with Crippen molar-refractivity contribution in [3.8, 4) is 5.75 Å². The molecular formula is C20H16Br2N2O3. The monoisotopic (exact) mass is 490 g/mol. The van der Waals surface area contributed by atoms with E-state index in [-0.39, 0.29) is 5.69 Å². The second-order valence-electron chi connectivity index (χ2n) is 5.81. The Balaban J connectivity index is 1.78. The van der Waals surface area contributed by atoms with Gasteiger partial charge in [-0.3, -0.25) is 10.1 Å². The number of nitrogens with zero attached hydrogens (tertiary/aromatic N) is 1. The van der Waals surface area contributed by atoms with Gasteiger partial charge in [-0.2, -0.15) is 0 Å². The van der Waals surface area contributed by atoms with Gasteiger partial charge < -0.3 is 10.1 Å². The molecule has 3 aromatic carbocycles. The van der Waals surface area contributed by atoms with Crippen molar-refractivity contribution in [1.82, 2.24) is 0 Å². The molecule has 0 radical (unpaired) electrons. The summed E-state index contributed by atoms with van der Waals surface area (Å²) >= 11 is 7.05. The van der Waals surface area contributed by atoms with Crippen LogP contribution in [0.25, 0.3) is 0 Å². The number of rotatable bonds is 7. The van der Waals surface area contributed by atoms with Crippen molar-refractivity contribution in [1.29, 1.82) is 0 Å². The van der Waals surface area contributed by atoms with Crippen molar-refractivity contribution in [2.75, 3.05) is 5.32 Å². The van der Waals surface area contributed by atoms with Crippen LogP contribution in [0.15, 0.2) is 75.7 Å². The first-order valence-corrected chi connectivity index (χ1v) is 9.74. The van der Waals surface area contributed by atoms with Crippen molar-refractivity contribution < 1.29 is 9.66 Å². The Labute approximate surface area is 173 Å². The lowest BCUT2D eigenvalue weighted by Gasteiger charge is -2.15. The second-order valence-corrected chi connectivity index (χ2v) is 7.58. The zero-order chi connectivity index (χ0) is 19.2. The Bertz CT molecular complexity index is 949. The summed E-state index contributed by atoms with van der Waals surface area (Å²) in [5.74, 6) is 0.736. The van der Waals surface area contributed by atoms with Crippen LogP contribution in [0.4, 0.5) is 11.4 Å². The molecule has 0 amide bonds. The van der Waals surface area contributed by atoms with E-state index < -0.39 is 4.92 Å². The van der Waals surface area contributed by atoms with Gasteiger partial charge >= 0.3 is 0 Å². The van der Waals surface area contributed by atoms with Crippen molar-refractivity contribution in [3.63, 3.8) is 0 Å². The minimum absolute atomic E-state index is 0.0518. The Hall–Kier alpha value is -2.38. The van der Waals surface area contributed by atoms with E-state index in [2.05, 4.69) is 37.2 Å². The molecule has 7 heteroatoms. The quantitative estimate of drug-likeness (QED) is 0.310. The fourth-order valence-electron chi connectivity index (χ4n) is 2.56. The molecular weight excluding hydrogens is 476 g/mol. The van der Waals surface area contributed by atoms with Crippen LogP contribution in [0, 0.1) is 10.1 Å². The van der Waals surface area contributed by atoms with Crippen LogP contribution in [0.3, 0.4) is 0 Å². The Morgan fingerprint density at radius 3 is 2.52 bits per heavy atom. The first-order valence-electron chi connectivity index (χ1n) is 8.16. The fourth-order valence-corrected chi connectivity index (χ4v) is 3.99. The van der Waals surface area contributed by atoms with Gasteiger partial charge in [-0.1, -0.05) is 52.3 Å². The van der Waals surface area contributed by atoms with Gasteiger partial charge in [0, 0.05) is 34.4 Å². The SMILES string of the molecule is O=[N+]([O-])c1cccc(NCc2cc(Br)cc(Br)c2OCc2ccccc2)c1. The summed E-state index contributed by atoms with van der Waals surface area (Å²) in [6, 6.07) is 20.3. The lowest BCUT2D eigenvalue weighted by molar-refractivity contribution is -0.384. The molecule has 3 aromatic rings. The van der Waals surface area contributed by atoms with Crippen molar-refractivity contribution in [3.05, 3.63) is 96.9 Å². The average molecular weight is 492 g/mol. The summed E-state index contributed by atoms with van der Waals surface area (Å²) in [6.07, 6.45) is 0. The van der Waals surface area contributed by atoms with E-state index >= 15 is 0 Å². The highest BCUT2D eigenvalue weighted by Gasteiger charge is 2.12. The van der Waals surface area contributed by atoms with Crippen LogP contribution >= 0.6 is 31.9 Å². The van der Waals surface area contributed by atoms with Crippen molar-refractivity contribution >= 4 is 43.2 Å². The fraction of sp³-hybridized carbons (Fsp3) is 0.100. The van der Waals surface area contributed by atoms with Gasteiger partial charge in [0.05, 0.1) is 9.40 Å². The number of anilines is 1. The lowest BCUT2D eigenvalue weighted by Crippen LogP contribution is -2.05. The van der Waals surface area contributed by atoms with Gasteiger partial charge in [-0.05, 0) is 39.7 Å². The van der Waals surface area contributed by atoms with E-state index in [0.717, 1.165) is 25.8 Å². The molecule has 0 bridgehead atoms. The average Bonchev–Trinajstić information content (AvgIpc) is 2.66. The van der Waals surface area contributed by atoms with Crippen LogP contribution < -0.4 is 10.1 Å². The summed E-state index contributed by atoms with van der Waals surface area (Å²) in [5, 5.41) is 14.2. The van der Waals surface area contributed by atoms with Gasteiger partial charge in [-0.15, -0.1) is 0 Å². The summed E-state index contributed by atoms with van der Waals surface area (Å²) in [5.41, 5.74) is 2.73. The molecule has 1 N–H and O–H groups in total. The van der Waals surface area contributed by atoms with Crippen molar-refractivity contribution in [2.24, 2.45) is 0 Å². The molecule has 0 atom stereocenters. The number of hydrogen-bond acceptors (Lipinski definition) is 4. The van der Waals surface area contributed by atoms with Crippen LogP contribution in [0.2, 0.25) is 0 Å². The number of ether oxygens (including phenoxy) is 1. The Morgan fingerprint density at radius 2 is 1.78 bits per heavy atom. The summed E-state index contributed by atoms with van der Waals surface area (Å²) < 4.78 is 7.79. The predicted molar refractivity (Wildman–Crippen MR) is 113 cm³/mol. The summed E-state index contributed by atoms with van der Waals surface area (Å²) in [7, 11) is 0. The first-order chi connectivity index (χ1) is 13.0. The Morgan fingerprint density at radius 1 is 1.00 bits per heavy atom. The zero-order valence-corrected chi connectivity index (χ0v) is 17.4. The molecule has 0 fully saturated rings. The van der Waals surface area contributed by atoms with Crippen LogP contribution in [0.1, 0.15) is 11.1 Å². The Kier molecular flexibility index (Phi) is 6.47. The summed E-state index contributed by atoms with van der Waals surface area (Å²) in [6.45, 7) is 0.911. The molecule has 0 heterocycles. The minimum atomic E-state index is -0.407. The molecule has 138 valence electrons. The topological polar surface area (TPSA) is 64.4 Å². The van der Waals surface area contributed by atoms with E-state index in [1.165, 1.54) is 12.1 Å². The van der Waals surface area contributed by atoms with Gasteiger partial charge in [0.25, 0.3) is 5.69 Å². The molecule has 3 rings (SSSR count). The standard InChI is InChI=1S/C20H16Br2N2O3/c21-16-9-15(12-23-17-7-4-8-18(11-17)24(25)26)20(19(22)10-16)27-13-14-5-2-1-3-6-14/h1-11,23H,12-13H2. The molecule has 0 spiro atoms. The molecule has 0 aliphatic carbocycles. The van der Waals surface area contributed by atoms with Gasteiger partial charge in [-0.25, -0.2) is 0 Å². The largest absolute Gasteiger partial charge is 0.487 e. The zero-order valence-electron chi connectivity index (χ0n) is 14.2. The third kappa shape index (κ3) is 5.30. The number of non-ortho nitro benzene ring substituents is 1. The van der Waals surface area contributed by atoms with Crippen LogP contribution in [-0.2, 0) is 13.2 Å². The third-order valence-electron chi connectivity index (χ3n) is 3.85. The molecule has 0 unspecified atom stereocenters. The van der Waals surface area contributed by atoms with E-state index in [4.69, 9.17) is 4.74 Å². The minimum Gasteiger partial charge on any atom is -0.487 e. The van der Waals surface area contributed by atoms with Crippen molar-refractivity contribution in [2.45, 2.75) is 13.2 Å². The number of benzene rings is 3. The maximum absolute atomic E-state index is 10.9. The summed E-state index contributed by atoms with van der Waals surface area (Å²) in [4.78, 5) is 10.5. The van der Waals surface area contributed by atoms with E-state index in [9.17, 15) is 10.1 Å². The number of nitrogens with one attached hydrogen (secondary N) is 1. The molecule has 5 nitrogen and oxygen atoms in total. The normalized spacial score (nSPS) is 10.4. The molecule has 0 saturated heterocycles. The number of nitro groups is 1. The lowest BCUT2D eigenvalue weighted by atomic mass is 10.2. The smallest absolute Gasteiger partial charge is 0.271 e. The molecule has 0 saturated carbocycles. The third-order valence-corrected chi connectivity index (χ3v) is 4.90. The molecule has 27 heavy (non-hydrogen) atoms. The highest BCUT2D eigenvalue weighted by molar-refractivity contribution is 9.11. The maximum atomic E-state index is 10.9. The number of halogens is 2. The van der Waals surface area contributed by atoms with Gasteiger partial charge in [0.15, 0.2) is 0 Å². The van der Waals surface area contributed by atoms with Crippen LogP contribution in [0.5, 0.6) is 5.75 Å². The van der Waals surface area contributed by atoms with E-state index in [0.29, 0.717) is 18.8 Å². The molecule has 0 aromatic heterocycles. The number of nitro benzene ring substituents is 1. The highest BCUT2D eigenvalue weighted by atomic mass is 79.9. The van der Waals surface area contributed by atoms with Gasteiger partial charge in [0.1, 0.15) is 12.4 Å². The van der Waals surface area contributed by atoms with E-state index in [1.807, 2.05) is 42.5 Å². The molecule has 0 aliphatic rings.